The quantitative estimate of drug-likeness (QED) is 0.519. The van der Waals surface area contributed by atoms with Crippen LogP contribution in [0.1, 0.15) is 20.8 Å². The van der Waals surface area contributed by atoms with Crippen LogP contribution in [0.25, 0.3) is 0 Å². The van der Waals surface area contributed by atoms with Crippen LogP contribution in [0.3, 0.4) is 0 Å². The van der Waals surface area contributed by atoms with Crippen LogP contribution >= 0.6 is 0 Å². The fourth-order valence-corrected chi connectivity index (χ4v) is 1.32. The lowest BCUT2D eigenvalue weighted by Crippen LogP contribution is -2.27. The topological polar surface area (TPSA) is 105 Å². The van der Waals surface area contributed by atoms with Crippen LogP contribution in [-0.2, 0) is 9.59 Å². The Bertz CT molecular complexity index is 432. The van der Waals surface area contributed by atoms with Crippen molar-refractivity contribution in [1.29, 1.82) is 0 Å². The predicted octanol–water partition coefficient (Wildman–Crippen LogP) is 1.62. The van der Waals surface area contributed by atoms with E-state index in [4.69, 9.17) is 29.3 Å². The normalized spacial score (nSPS) is 9.64. The van der Waals surface area contributed by atoms with Gasteiger partial charge in [0.25, 0.3) is 0 Å². The standard InChI is InChI=1S/C13H21NO2.C2H2O4/c1-4-15-12-5-7-13(8-6-12)16-10-9-14-11(2)3;3-1(4)2(5)6/h5-8,11,14H,4,9-10H2,1-3H3;(H,3,4)(H,5,6). The molecule has 7 nitrogen and oxygen atoms in total. The van der Waals surface area contributed by atoms with Crippen LogP contribution in [0.5, 0.6) is 11.5 Å². The molecule has 0 fully saturated rings. The van der Waals surface area contributed by atoms with Crippen molar-refractivity contribution in [3.63, 3.8) is 0 Å². The minimum atomic E-state index is -1.82. The summed E-state index contributed by atoms with van der Waals surface area (Å²) in [7, 11) is 0. The third kappa shape index (κ3) is 10.5. The van der Waals surface area contributed by atoms with Gasteiger partial charge in [-0.25, -0.2) is 9.59 Å². The van der Waals surface area contributed by atoms with Crippen LogP contribution in [0.2, 0.25) is 0 Å². The van der Waals surface area contributed by atoms with Gasteiger partial charge in [0.05, 0.1) is 6.61 Å². The zero-order valence-electron chi connectivity index (χ0n) is 13.0. The Morgan fingerprint density at radius 3 is 1.86 bits per heavy atom. The summed E-state index contributed by atoms with van der Waals surface area (Å²) in [6, 6.07) is 8.22. The van der Waals surface area contributed by atoms with Crippen molar-refractivity contribution >= 4 is 11.9 Å². The molecule has 0 aromatic heterocycles. The number of hydrogen-bond acceptors (Lipinski definition) is 5. The fourth-order valence-electron chi connectivity index (χ4n) is 1.32. The average Bonchev–Trinajstić information content (AvgIpc) is 2.46. The summed E-state index contributed by atoms with van der Waals surface area (Å²) >= 11 is 0. The lowest BCUT2D eigenvalue weighted by Gasteiger charge is -2.10. The van der Waals surface area contributed by atoms with Crippen molar-refractivity contribution in [2.75, 3.05) is 19.8 Å². The third-order valence-corrected chi connectivity index (χ3v) is 2.24. The van der Waals surface area contributed by atoms with Gasteiger partial charge in [0.1, 0.15) is 18.1 Å². The van der Waals surface area contributed by atoms with Gasteiger partial charge in [-0.2, -0.15) is 0 Å². The Balaban J connectivity index is 0.000000626. The molecule has 0 aliphatic rings. The minimum absolute atomic E-state index is 0.504. The first-order chi connectivity index (χ1) is 10.4. The molecule has 0 atom stereocenters. The summed E-state index contributed by atoms with van der Waals surface area (Å²) in [5, 5.41) is 18.1. The number of aliphatic carboxylic acids is 2. The molecule has 124 valence electrons. The second-order valence-corrected chi connectivity index (χ2v) is 4.47. The summed E-state index contributed by atoms with van der Waals surface area (Å²) < 4.78 is 10.9. The van der Waals surface area contributed by atoms with Crippen LogP contribution in [0, 0.1) is 0 Å². The Morgan fingerprint density at radius 1 is 1.05 bits per heavy atom. The first-order valence-corrected chi connectivity index (χ1v) is 6.92. The second kappa shape index (κ2) is 11.4. The maximum absolute atomic E-state index is 9.10. The second-order valence-electron chi connectivity index (χ2n) is 4.47. The van der Waals surface area contributed by atoms with E-state index >= 15 is 0 Å². The molecule has 0 aliphatic heterocycles. The first-order valence-electron chi connectivity index (χ1n) is 6.92. The van der Waals surface area contributed by atoms with Crippen molar-refractivity contribution in [3.05, 3.63) is 24.3 Å². The van der Waals surface area contributed by atoms with E-state index in [1.165, 1.54) is 0 Å². The summed E-state index contributed by atoms with van der Waals surface area (Å²) in [5.74, 6) is -1.88. The van der Waals surface area contributed by atoms with Crippen LogP contribution in [0.4, 0.5) is 0 Å². The van der Waals surface area contributed by atoms with E-state index in [0.717, 1.165) is 18.0 Å². The largest absolute Gasteiger partial charge is 0.494 e. The molecule has 22 heavy (non-hydrogen) atoms. The highest BCUT2D eigenvalue weighted by atomic mass is 16.5. The highest BCUT2D eigenvalue weighted by Gasteiger charge is 2.04. The fraction of sp³-hybridized carbons (Fsp3) is 0.467. The van der Waals surface area contributed by atoms with Gasteiger partial charge in [-0.3, -0.25) is 0 Å². The molecule has 0 saturated carbocycles. The highest BCUT2D eigenvalue weighted by Crippen LogP contribution is 2.17. The van der Waals surface area contributed by atoms with Gasteiger partial charge in [0.15, 0.2) is 0 Å². The molecule has 0 aliphatic carbocycles. The number of benzene rings is 1. The number of carboxylic acid groups (broad SMARTS) is 2. The van der Waals surface area contributed by atoms with Gasteiger partial charge in [-0.15, -0.1) is 0 Å². The molecule has 0 unspecified atom stereocenters. The van der Waals surface area contributed by atoms with Crippen molar-refractivity contribution in [3.8, 4) is 11.5 Å². The minimum Gasteiger partial charge on any atom is -0.494 e. The molecule has 0 bridgehead atoms. The van der Waals surface area contributed by atoms with Crippen molar-refractivity contribution < 1.29 is 29.3 Å². The monoisotopic (exact) mass is 313 g/mol. The lowest BCUT2D eigenvalue weighted by atomic mass is 10.3. The van der Waals surface area contributed by atoms with E-state index in [-0.39, 0.29) is 0 Å². The van der Waals surface area contributed by atoms with E-state index in [9.17, 15) is 0 Å². The molecule has 0 saturated heterocycles. The Labute approximate surface area is 129 Å². The van der Waals surface area contributed by atoms with Gasteiger partial charge in [0.2, 0.25) is 0 Å². The molecule has 0 radical (unpaired) electrons. The Hall–Kier alpha value is -2.28. The zero-order chi connectivity index (χ0) is 17.0. The zero-order valence-corrected chi connectivity index (χ0v) is 13.0. The summed E-state index contributed by atoms with van der Waals surface area (Å²) in [4.78, 5) is 18.2. The maximum Gasteiger partial charge on any atom is 0.414 e. The van der Waals surface area contributed by atoms with E-state index < -0.39 is 11.9 Å². The summed E-state index contributed by atoms with van der Waals surface area (Å²) in [5.41, 5.74) is 0. The maximum atomic E-state index is 9.10. The van der Waals surface area contributed by atoms with Crippen molar-refractivity contribution in [1.82, 2.24) is 5.32 Å². The number of carbonyl (C=O) groups is 2. The van der Waals surface area contributed by atoms with Crippen molar-refractivity contribution in [2.45, 2.75) is 26.8 Å². The molecule has 0 heterocycles. The highest BCUT2D eigenvalue weighted by molar-refractivity contribution is 6.27. The molecule has 1 aromatic rings. The molecule has 0 spiro atoms. The van der Waals surface area contributed by atoms with Gasteiger partial charge in [-0.05, 0) is 31.2 Å². The van der Waals surface area contributed by atoms with Gasteiger partial charge in [-0.1, -0.05) is 13.8 Å². The SMILES string of the molecule is CCOc1ccc(OCCNC(C)C)cc1.O=C(O)C(=O)O. The van der Waals surface area contributed by atoms with E-state index in [1.54, 1.807) is 0 Å². The molecule has 1 rings (SSSR count). The molecule has 1 aromatic carbocycles. The lowest BCUT2D eigenvalue weighted by molar-refractivity contribution is -0.159. The third-order valence-electron chi connectivity index (χ3n) is 2.24. The average molecular weight is 313 g/mol. The number of rotatable bonds is 7. The molecule has 0 amide bonds. The molecule has 3 N–H and O–H groups in total. The smallest absolute Gasteiger partial charge is 0.414 e. The van der Waals surface area contributed by atoms with E-state index in [2.05, 4.69) is 19.2 Å². The van der Waals surface area contributed by atoms with Gasteiger partial charge >= 0.3 is 11.9 Å². The van der Waals surface area contributed by atoms with Crippen LogP contribution in [-0.4, -0.2) is 48.0 Å². The first kappa shape index (κ1) is 19.7. The van der Waals surface area contributed by atoms with E-state index in [1.807, 2.05) is 31.2 Å². The van der Waals surface area contributed by atoms with Crippen LogP contribution in [0.15, 0.2) is 24.3 Å². The van der Waals surface area contributed by atoms with Gasteiger partial charge < -0.3 is 25.0 Å². The molecular formula is C15H23NO6. The molecule has 7 heteroatoms. The summed E-state index contributed by atoms with van der Waals surface area (Å²) in [6.45, 7) is 8.46. The Kier molecular flexibility index (Phi) is 10.2. The van der Waals surface area contributed by atoms with Gasteiger partial charge in [0, 0.05) is 12.6 Å². The predicted molar refractivity (Wildman–Crippen MR) is 81.5 cm³/mol. The Morgan fingerprint density at radius 2 is 1.50 bits per heavy atom. The summed E-state index contributed by atoms with van der Waals surface area (Å²) in [6.07, 6.45) is 0. The van der Waals surface area contributed by atoms with E-state index in [0.29, 0.717) is 19.3 Å². The van der Waals surface area contributed by atoms with Crippen molar-refractivity contribution in [2.24, 2.45) is 0 Å². The number of hydrogen-bond donors (Lipinski definition) is 3. The number of carboxylic acids is 2. The number of nitrogens with one attached hydrogen (secondary N) is 1. The van der Waals surface area contributed by atoms with Crippen LogP contribution < -0.4 is 14.8 Å². The molecular weight excluding hydrogens is 290 g/mol. The number of ether oxygens (including phenoxy) is 2.